The van der Waals surface area contributed by atoms with Crippen molar-refractivity contribution in [2.45, 2.75) is 45.3 Å². The third-order valence-corrected chi connectivity index (χ3v) is 5.60. The summed E-state index contributed by atoms with van der Waals surface area (Å²) in [6, 6.07) is 14.1. The van der Waals surface area contributed by atoms with E-state index in [2.05, 4.69) is 32.9 Å². The molecule has 1 saturated heterocycles. The molecule has 2 aromatic carbocycles. The Morgan fingerprint density at radius 3 is 2.41 bits per heavy atom. The van der Waals surface area contributed by atoms with Crippen molar-refractivity contribution in [3.8, 4) is 5.75 Å². The van der Waals surface area contributed by atoms with Crippen LogP contribution in [0.5, 0.6) is 5.75 Å². The lowest BCUT2D eigenvalue weighted by molar-refractivity contribution is -0.180. The molecule has 1 amide bonds. The number of para-hydroxylation sites is 1. The van der Waals surface area contributed by atoms with Crippen LogP contribution in [-0.2, 0) is 25.5 Å². The highest BCUT2D eigenvalue weighted by molar-refractivity contribution is 6.07. The molecule has 5 heteroatoms. The Balaban J connectivity index is 1.41. The number of aryl methyl sites for hydroxylation is 1. The van der Waals surface area contributed by atoms with Gasteiger partial charge in [-0.05, 0) is 42.0 Å². The van der Waals surface area contributed by atoms with Crippen LogP contribution in [0.25, 0.3) is 0 Å². The highest BCUT2D eigenvalue weighted by Gasteiger charge is 2.56. The summed E-state index contributed by atoms with van der Waals surface area (Å²) < 4.78 is 17.5. The Labute approximate surface area is 172 Å². The zero-order chi connectivity index (χ0) is 20.6. The first kappa shape index (κ1) is 19.9. The van der Waals surface area contributed by atoms with Gasteiger partial charge in [0, 0.05) is 12.1 Å². The fourth-order valence-corrected chi connectivity index (χ4v) is 4.05. The van der Waals surface area contributed by atoms with Crippen LogP contribution in [0.15, 0.2) is 42.5 Å². The Hall–Kier alpha value is -2.37. The molecule has 0 N–H and O–H groups in total. The van der Waals surface area contributed by atoms with Gasteiger partial charge in [-0.25, -0.2) is 0 Å². The molecule has 0 atom stereocenters. The monoisotopic (exact) mass is 395 g/mol. The number of hydrogen-bond donors (Lipinski definition) is 0. The molecule has 4 rings (SSSR count). The predicted octanol–water partition coefficient (Wildman–Crippen LogP) is 4.31. The summed E-state index contributed by atoms with van der Waals surface area (Å²) in [7, 11) is 0. The van der Waals surface area contributed by atoms with Crippen LogP contribution < -0.4 is 9.64 Å². The first-order valence-corrected chi connectivity index (χ1v) is 10.3. The minimum atomic E-state index is -1.26. The molecular weight excluding hydrogens is 366 g/mol. The van der Waals surface area contributed by atoms with Gasteiger partial charge in [0.2, 0.25) is 0 Å². The van der Waals surface area contributed by atoms with Crippen LogP contribution in [0.2, 0.25) is 0 Å². The van der Waals surface area contributed by atoms with E-state index in [-0.39, 0.29) is 11.3 Å². The van der Waals surface area contributed by atoms with E-state index in [1.165, 1.54) is 5.56 Å². The molecule has 1 spiro atoms. The van der Waals surface area contributed by atoms with Crippen molar-refractivity contribution in [2.75, 3.05) is 31.3 Å². The summed E-state index contributed by atoms with van der Waals surface area (Å²) in [6.07, 6.45) is 0.719. The van der Waals surface area contributed by atoms with Crippen LogP contribution in [0.3, 0.4) is 0 Å². The van der Waals surface area contributed by atoms with Gasteiger partial charge in [-0.1, -0.05) is 51.1 Å². The lowest BCUT2D eigenvalue weighted by Crippen LogP contribution is -2.41. The van der Waals surface area contributed by atoms with Crippen molar-refractivity contribution >= 4 is 11.6 Å². The molecule has 0 aliphatic carbocycles. The van der Waals surface area contributed by atoms with E-state index in [0.29, 0.717) is 26.4 Å². The van der Waals surface area contributed by atoms with Gasteiger partial charge in [-0.3, -0.25) is 4.79 Å². The largest absolute Gasteiger partial charge is 0.494 e. The smallest absolute Gasteiger partial charge is 0.292 e. The second-order valence-electron chi connectivity index (χ2n) is 8.72. The molecule has 29 heavy (non-hydrogen) atoms. The lowest BCUT2D eigenvalue weighted by Gasteiger charge is -2.22. The number of carbonyl (C=O) groups is 1. The molecule has 2 aliphatic rings. The fourth-order valence-electron chi connectivity index (χ4n) is 4.05. The van der Waals surface area contributed by atoms with Crippen molar-refractivity contribution < 1.29 is 19.0 Å². The summed E-state index contributed by atoms with van der Waals surface area (Å²) in [5.74, 6) is -0.541. The van der Waals surface area contributed by atoms with E-state index in [1.54, 1.807) is 4.90 Å². The summed E-state index contributed by atoms with van der Waals surface area (Å²) in [5, 5.41) is 0. The Morgan fingerprint density at radius 1 is 1.07 bits per heavy atom. The molecule has 2 aromatic rings. The molecule has 2 aliphatic heterocycles. The highest BCUT2D eigenvalue weighted by atomic mass is 16.7. The van der Waals surface area contributed by atoms with Gasteiger partial charge in [-0.2, -0.15) is 0 Å². The number of carbonyl (C=O) groups excluding carboxylic acids is 1. The van der Waals surface area contributed by atoms with Gasteiger partial charge in [-0.15, -0.1) is 0 Å². The van der Waals surface area contributed by atoms with Gasteiger partial charge in [0.05, 0.1) is 25.5 Å². The van der Waals surface area contributed by atoms with Crippen LogP contribution >= 0.6 is 0 Å². The van der Waals surface area contributed by atoms with Gasteiger partial charge in [0.25, 0.3) is 11.7 Å². The summed E-state index contributed by atoms with van der Waals surface area (Å²) in [4.78, 5) is 15.0. The maximum Gasteiger partial charge on any atom is 0.292 e. The summed E-state index contributed by atoms with van der Waals surface area (Å²) in [6.45, 7) is 10.6. The summed E-state index contributed by atoms with van der Waals surface area (Å²) >= 11 is 0. The maximum absolute atomic E-state index is 13.2. The third-order valence-electron chi connectivity index (χ3n) is 5.60. The minimum Gasteiger partial charge on any atom is -0.494 e. The second kappa shape index (κ2) is 7.47. The van der Waals surface area contributed by atoms with E-state index < -0.39 is 5.79 Å². The van der Waals surface area contributed by atoms with E-state index in [1.807, 2.05) is 37.3 Å². The molecule has 0 unspecified atom stereocenters. The zero-order valence-corrected chi connectivity index (χ0v) is 17.7. The number of fused-ring (bicyclic) bond motifs is 2. The van der Waals surface area contributed by atoms with Gasteiger partial charge < -0.3 is 19.1 Å². The zero-order valence-electron chi connectivity index (χ0n) is 17.7. The van der Waals surface area contributed by atoms with Gasteiger partial charge >= 0.3 is 0 Å². The average Bonchev–Trinajstić information content (AvgIpc) is 3.26. The van der Waals surface area contributed by atoms with E-state index in [4.69, 9.17) is 14.2 Å². The summed E-state index contributed by atoms with van der Waals surface area (Å²) in [5.41, 5.74) is 4.18. The number of amides is 1. The van der Waals surface area contributed by atoms with Crippen molar-refractivity contribution in [2.24, 2.45) is 0 Å². The maximum atomic E-state index is 13.2. The molecule has 5 nitrogen and oxygen atoms in total. The predicted molar refractivity (Wildman–Crippen MR) is 112 cm³/mol. The third kappa shape index (κ3) is 3.53. The molecule has 0 saturated carbocycles. The fraction of sp³-hybridized carbons (Fsp3) is 0.458. The lowest BCUT2D eigenvalue weighted by atomic mass is 9.87. The highest BCUT2D eigenvalue weighted by Crippen LogP contribution is 2.47. The Kier molecular flexibility index (Phi) is 5.13. The van der Waals surface area contributed by atoms with E-state index in [0.717, 1.165) is 29.0 Å². The van der Waals surface area contributed by atoms with Crippen molar-refractivity contribution in [1.82, 2.24) is 0 Å². The van der Waals surface area contributed by atoms with Gasteiger partial charge in [0.1, 0.15) is 5.75 Å². The molecule has 0 radical (unpaired) electrons. The molecule has 0 aromatic heterocycles. The Morgan fingerprint density at radius 2 is 1.76 bits per heavy atom. The van der Waals surface area contributed by atoms with Crippen LogP contribution in [0.4, 0.5) is 5.69 Å². The number of benzene rings is 2. The SMILES string of the molecule is Cc1cccc2c1N(CCCOc1ccc(C(C)(C)C)cc1)C(=O)C21OCCO1. The average molecular weight is 395 g/mol. The number of rotatable bonds is 5. The van der Waals surface area contributed by atoms with Crippen LogP contribution in [0.1, 0.15) is 43.9 Å². The molecule has 154 valence electrons. The molecular formula is C24H29NO4. The van der Waals surface area contributed by atoms with Gasteiger partial charge in [0.15, 0.2) is 0 Å². The first-order valence-electron chi connectivity index (χ1n) is 10.3. The number of ether oxygens (including phenoxy) is 3. The van der Waals surface area contributed by atoms with Crippen molar-refractivity contribution in [3.05, 3.63) is 59.2 Å². The topological polar surface area (TPSA) is 48.0 Å². The number of hydrogen-bond acceptors (Lipinski definition) is 4. The Bertz CT molecular complexity index is 892. The molecule has 2 heterocycles. The molecule has 0 bridgehead atoms. The van der Waals surface area contributed by atoms with E-state index >= 15 is 0 Å². The number of anilines is 1. The first-order chi connectivity index (χ1) is 13.8. The quantitative estimate of drug-likeness (QED) is 0.708. The van der Waals surface area contributed by atoms with Crippen molar-refractivity contribution in [3.63, 3.8) is 0 Å². The standard InChI is InChI=1S/C24H29NO4/c1-17-7-5-8-20-21(17)25(22(26)24(20)28-15-16-29-24)13-6-14-27-19-11-9-18(10-12-19)23(2,3)4/h5,7-12H,6,13-16H2,1-4H3. The van der Waals surface area contributed by atoms with E-state index in [9.17, 15) is 4.79 Å². The molecule has 1 fully saturated rings. The second-order valence-corrected chi connectivity index (χ2v) is 8.72. The minimum absolute atomic E-state index is 0.125. The number of nitrogens with zero attached hydrogens (tertiary/aromatic N) is 1. The van der Waals surface area contributed by atoms with Crippen LogP contribution in [-0.4, -0.2) is 32.3 Å². The van der Waals surface area contributed by atoms with Crippen molar-refractivity contribution in [1.29, 1.82) is 0 Å². The van der Waals surface area contributed by atoms with Crippen LogP contribution in [0, 0.1) is 6.92 Å². The normalized spacial score (nSPS) is 17.8.